The Hall–Kier alpha value is -2.68. The number of hydrogen-bond donors (Lipinski definition) is 0. The average molecular weight is 262 g/mol. The van der Waals surface area contributed by atoms with Crippen molar-refractivity contribution in [1.29, 1.82) is 0 Å². The molecule has 3 heteroatoms. The van der Waals surface area contributed by atoms with Crippen LogP contribution in [0.25, 0.3) is 11.3 Å². The third-order valence-electron chi connectivity index (χ3n) is 3.17. The molecule has 0 bridgehead atoms. The summed E-state index contributed by atoms with van der Waals surface area (Å²) in [4.78, 5) is 12.4. The molecular weight excluding hydrogens is 248 g/mol. The number of hydrogen-bond acceptors (Lipinski definition) is 2. The number of benzene rings is 2. The zero-order valence-corrected chi connectivity index (χ0v) is 11.2. The molecule has 0 aliphatic carbocycles. The summed E-state index contributed by atoms with van der Waals surface area (Å²) in [5.74, 6) is -0.106. The summed E-state index contributed by atoms with van der Waals surface area (Å²) < 4.78 is 1.46. The molecule has 1 heterocycles. The average Bonchev–Trinajstić information content (AvgIpc) is 2.90. The lowest BCUT2D eigenvalue weighted by Crippen LogP contribution is -2.14. The molecule has 0 saturated carbocycles. The Labute approximate surface area is 117 Å². The molecule has 0 aliphatic rings. The van der Waals surface area contributed by atoms with Crippen molar-refractivity contribution in [3.63, 3.8) is 0 Å². The maximum atomic E-state index is 12.4. The smallest absolute Gasteiger partial charge is 0.267 e. The summed E-state index contributed by atoms with van der Waals surface area (Å²) in [7, 11) is 0. The second-order valence-electron chi connectivity index (χ2n) is 4.62. The zero-order chi connectivity index (χ0) is 13.9. The van der Waals surface area contributed by atoms with Crippen LogP contribution in [-0.2, 0) is 0 Å². The van der Waals surface area contributed by atoms with Gasteiger partial charge in [0.15, 0.2) is 0 Å². The predicted molar refractivity (Wildman–Crippen MR) is 78.6 cm³/mol. The van der Waals surface area contributed by atoms with Gasteiger partial charge in [0, 0.05) is 16.8 Å². The number of aromatic nitrogens is 2. The van der Waals surface area contributed by atoms with Gasteiger partial charge in [0.05, 0.1) is 5.69 Å². The van der Waals surface area contributed by atoms with E-state index < -0.39 is 0 Å². The van der Waals surface area contributed by atoms with Crippen LogP contribution < -0.4 is 0 Å². The molecule has 0 unspecified atom stereocenters. The molecule has 0 aliphatic heterocycles. The third-order valence-corrected chi connectivity index (χ3v) is 3.17. The first-order valence-electron chi connectivity index (χ1n) is 6.47. The zero-order valence-electron chi connectivity index (χ0n) is 11.2. The van der Waals surface area contributed by atoms with Gasteiger partial charge in [0.1, 0.15) is 0 Å². The molecule has 98 valence electrons. The van der Waals surface area contributed by atoms with Crippen molar-refractivity contribution < 1.29 is 4.79 Å². The Morgan fingerprint density at radius 3 is 2.20 bits per heavy atom. The number of carbonyl (C=O) groups is 1. The Balaban J connectivity index is 2.00. The number of carbonyl (C=O) groups excluding carboxylic acids is 1. The molecule has 0 N–H and O–H groups in total. The van der Waals surface area contributed by atoms with Crippen molar-refractivity contribution in [3.05, 3.63) is 78.0 Å². The monoisotopic (exact) mass is 262 g/mol. The van der Waals surface area contributed by atoms with Gasteiger partial charge < -0.3 is 0 Å². The third kappa shape index (κ3) is 2.26. The van der Waals surface area contributed by atoms with E-state index in [2.05, 4.69) is 5.10 Å². The van der Waals surface area contributed by atoms with E-state index in [0.29, 0.717) is 5.56 Å². The van der Waals surface area contributed by atoms with Gasteiger partial charge in [-0.1, -0.05) is 48.5 Å². The van der Waals surface area contributed by atoms with Crippen molar-refractivity contribution in [3.8, 4) is 11.3 Å². The largest absolute Gasteiger partial charge is 0.278 e. The second kappa shape index (κ2) is 5.13. The van der Waals surface area contributed by atoms with E-state index in [9.17, 15) is 4.79 Å². The van der Waals surface area contributed by atoms with Crippen LogP contribution >= 0.6 is 0 Å². The molecule has 3 nitrogen and oxygen atoms in total. The molecule has 3 aromatic rings. The fraction of sp³-hybridized carbons (Fsp3) is 0.0588. The van der Waals surface area contributed by atoms with E-state index in [1.165, 1.54) is 4.68 Å². The first-order valence-corrected chi connectivity index (χ1v) is 6.47. The molecule has 2 aromatic carbocycles. The number of rotatable bonds is 2. The van der Waals surface area contributed by atoms with E-state index >= 15 is 0 Å². The van der Waals surface area contributed by atoms with Crippen molar-refractivity contribution in [1.82, 2.24) is 9.78 Å². The van der Waals surface area contributed by atoms with Crippen LogP contribution in [0.2, 0.25) is 0 Å². The van der Waals surface area contributed by atoms with Gasteiger partial charge in [0.2, 0.25) is 0 Å². The van der Waals surface area contributed by atoms with Gasteiger partial charge in [-0.3, -0.25) is 4.79 Å². The molecule has 20 heavy (non-hydrogen) atoms. The Morgan fingerprint density at radius 1 is 0.950 bits per heavy atom. The van der Waals surface area contributed by atoms with Crippen LogP contribution in [0.4, 0.5) is 0 Å². The van der Waals surface area contributed by atoms with Crippen molar-refractivity contribution in [2.24, 2.45) is 0 Å². The van der Waals surface area contributed by atoms with Crippen molar-refractivity contribution >= 4 is 5.91 Å². The first kappa shape index (κ1) is 12.4. The standard InChI is InChI=1S/C17H14N2O/c1-13-12-16(14-8-4-2-5-9-14)18-19(13)17(20)15-10-6-3-7-11-15/h2-12H,1H3. The van der Waals surface area contributed by atoms with Gasteiger partial charge in [-0.2, -0.15) is 5.10 Å². The quantitative estimate of drug-likeness (QED) is 0.708. The molecule has 0 saturated heterocycles. The topological polar surface area (TPSA) is 34.9 Å². The lowest BCUT2D eigenvalue weighted by molar-refractivity contribution is 0.0943. The van der Waals surface area contributed by atoms with E-state index in [4.69, 9.17) is 0 Å². The highest BCUT2D eigenvalue weighted by Gasteiger charge is 2.13. The van der Waals surface area contributed by atoms with Gasteiger partial charge >= 0.3 is 0 Å². The Kier molecular flexibility index (Phi) is 3.17. The highest BCUT2D eigenvalue weighted by Crippen LogP contribution is 2.19. The maximum absolute atomic E-state index is 12.4. The molecule has 3 rings (SSSR count). The molecule has 0 fully saturated rings. The summed E-state index contributed by atoms with van der Waals surface area (Å²) in [6.45, 7) is 1.89. The van der Waals surface area contributed by atoms with Crippen LogP contribution in [0, 0.1) is 6.92 Å². The van der Waals surface area contributed by atoms with Crippen LogP contribution in [0.3, 0.4) is 0 Å². The van der Waals surface area contributed by atoms with E-state index in [1.807, 2.05) is 61.5 Å². The lowest BCUT2D eigenvalue weighted by Gasteiger charge is -2.02. The Morgan fingerprint density at radius 2 is 1.55 bits per heavy atom. The minimum Gasteiger partial charge on any atom is -0.267 e. The molecule has 0 amide bonds. The summed E-state index contributed by atoms with van der Waals surface area (Å²) in [6, 6.07) is 21.0. The van der Waals surface area contributed by atoms with Crippen LogP contribution in [-0.4, -0.2) is 15.7 Å². The molecule has 0 radical (unpaired) electrons. The van der Waals surface area contributed by atoms with Gasteiger partial charge in [-0.05, 0) is 25.1 Å². The highest BCUT2D eigenvalue weighted by atomic mass is 16.2. The van der Waals surface area contributed by atoms with Gasteiger partial charge in [-0.15, -0.1) is 0 Å². The van der Waals surface area contributed by atoms with E-state index in [0.717, 1.165) is 17.0 Å². The maximum Gasteiger partial charge on any atom is 0.278 e. The summed E-state index contributed by atoms with van der Waals surface area (Å²) in [6.07, 6.45) is 0. The summed E-state index contributed by atoms with van der Waals surface area (Å²) in [5, 5.41) is 4.42. The molecular formula is C17H14N2O. The summed E-state index contributed by atoms with van der Waals surface area (Å²) >= 11 is 0. The predicted octanol–water partition coefficient (Wildman–Crippen LogP) is 3.55. The minimum absolute atomic E-state index is 0.106. The van der Waals surface area contributed by atoms with Crippen LogP contribution in [0.1, 0.15) is 16.1 Å². The highest BCUT2D eigenvalue weighted by molar-refractivity contribution is 5.96. The first-order chi connectivity index (χ1) is 9.75. The minimum atomic E-state index is -0.106. The van der Waals surface area contributed by atoms with Crippen LogP contribution in [0.5, 0.6) is 0 Å². The molecule has 0 atom stereocenters. The summed E-state index contributed by atoms with van der Waals surface area (Å²) in [5.41, 5.74) is 3.29. The normalized spacial score (nSPS) is 10.4. The van der Waals surface area contributed by atoms with Crippen LogP contribution in [0.15, 0.2) is 66.7 Å². The van der Waals surface area contributed by atoms with E-state index in [1.54, 1.807) is 12.1 Å². The fourth-order valence-electron chi connectivity index (χ4n) is 2.13. The SMILES string of the molecule is Cc1cc(-c2ccccc2)nn1C(=O)c1ccccc1. The van der Waals surface area contributed by atoms with Crippen molar-refractivity contribution in [2.75, 3.05) is 0 Å². The number of aryl methyl sites for hydroxylation is 1. The number of nitrogens with zero attached hydrogens (tertiary/aromatic N) is 2. The molecule has 1 aromatic heterocycles. The van der Waals surface area contributed by atoms with E-state index in [-0.39, 0.29) is 5.91 Å². The van der Waals surface area contributed by atoms with Gasteiger partial charge in [0.25, 0.3) is 5.91 Å². The molecule has 0 spiro atoms. The second-order valence-corrected chi connectivity index (χ2v) is 4.62. The van der Waals surface area contributed by atoms with Gasteiger partial charge in [-0.25, -0.2) is 4.68 Å². The fourth-order valence-corrected chi connectivity index (χ4v) is 2.13. The lowest BCUT2D eigenvalue weighted by atomic mass is 10.1. The Bertz CT molecular complexity index is 730. The van der Waals surface area contributed by atoms with Crippen molar-refractivity contribution in [2.45, 2.75) is 6.92 Å².